The second-order valence-corrected chi connectivity index (χ2v) is 4.59. The zero-order chi connectivity index (χ0) is 12.8. The number of anilines is 1. The van der Waals surface area contributed by atoms with Crippen LogP contribution in [-0.4, -0.2) is 19.1 Å². The van der Waals surface area contributed by atoms with Crippen LogP contribution >= 0.6 is 15.9 Å². The highest BCUT2D eigenvalue weighted by Gasteiger charge is 2.12. The van der Waals surface area contributed by atoms with Crippen molar-refractivity contribution >= 4 is 27.5 Å². The summed E-state index contributed by atoms with van der Waals surface area (Å²) in [6.45, 7) is 2.00. The second kappa shape index (κ2) is 6.61. The molecule has 5 heteroatoms. The van der Waals surface area contributed by atoms with Crippen molar-refractivity contribution in [3.05, 3.63) is 22.7 Å². The van der Waals surface area contributed by atoms with E-state index in [2.05, 4.69) is 21.2 Å². The Balaban J connectivity index is 2.69. The van der Waals surface area contributed by atoms with Crippen LogP contribution in [0.5, 0.6) is 5.75 Å². The molecule has 0 bridgehead atoms. The number of hydrogen-bond acceptors (Lipinski definition) is 3. The Labute approximate surface area is 110 Å². The van der Waals surface area contributed by atoms with E-state index in [4.69, 9.17) is 10.5 Å². The lowest BCUT2D eigenvalue weighted by Gasteiger charge is -2.12. The predicted molar refractivity (Wildman–Crippen MR) is 72.2 cm³/mol. The molecule has 1 amide bonds. The van der Waals surface area contributed by atoms with E-state index in [0.29, 0.717) is 12.1 Å². The number of nitrogens with two attached hydrogens (primary N) is 1. The molecule has 0 aliphatic heterocycles. The molecule has 4 nitrogen and oxygen atoms in total. The van der Waals surface area contributed by atoms with Gasteiger partial charge < -0.3 is 15.8 Å². The number of carbonyl (C=O) groups is 1. The summed E-state index contributed by atoms with van der Waals surface area (Å²) >= 11 is 3.36. The van der Waals surface area contributed by atoms with Crippen LogP contribution in [0.2, 0.25) is 0 Å². The molecule has 1 aromatic rings. The summed E-state index contributed by atoms with van der Waals surface area (Å²) in [4.78, 5) is 11.7. The third-order valence-corrected chi connectivity index (χ3v) is 2.98. The van der Waals surface area contributed by atoms with Crippen LogP contribution in [0.4, 0.5) is 5.69 Å². The molecule has 17 heavy (non-hydrogen) atoms. The lowest BCUT2D eigenvalue weighted by Crippen LogP contribution is -2.35. The fourth-order valence-corrected chi connectivity index (χ4v) is 1.96. The Hall–Kier alpha value is -1.07. The molecule has 94 valence electrons. The van der Waals surface area contributed by atoms with Crippen molar-refractivity contribution < 1.29 is 9.53 Å². The van der Waals surface area contributed by atoms with Gasteiger partial charge in [-0.3, -0.25) is 4.79 Å². The minimum atomic E-state index is -0.458. The summed E-state index contributed by atoms with van der Waals surface area (Å²) in [6, 6.07) is 4.89. The van der Waals surface area contributed by atoms with Crippen molar-refractivity contribution in [3.63, 3.8) is 0 Å². The molecule has 0 saturated carbocycles. The van der Waals surface area contributed by atoms with E-state index in [1.165, 1.54) is 0 Å². The van der Waals surface area contributed by atoms with Gasteiger partial charge in [0, 0.05) is 5.69 Å². The van der Waals surface area contributed by atoms with Gasteiger partial charge in [0.1, 0.15) is 5.75 Å². The normalized spacial score (nSPS) is 12.0. The number of amides is 1. The zero-order valence-corrected chi connectivity index (χ0v) is 11.6. The number of hydrogen-bond donors (Lipinski definition) is 2. The second-order valence-electron chi connectivity index (χ2n) is 3.73. The van der Waals surface area contributed by atoms with E-state index in [1.807, 2.05) is 6.92 Å². The summed E-state index contributed by atoms with van der Waals surface area (Å²) in [6.07, 6.45) is 1.57. The smallest absolute Gasteiger partial charge is 0.241 e. The van der Waals surface area contributed by atoms with E-state index < -0.39 is 6.04 Å². The maximum absolute atomic E-state index is 11.7. The Bertz CT molecular complexity index is 396. The van der Waals surface area contributed by atoms with E-state index in [1.54, 1.807) is 25.3 Å². The number of rotatable bonds is 5. The molecule has 0 radical (unpaired) electrons. The van der Waals surface area contributed by atoms with E-state index >= 15 is 0 Å². The van der Waals surface area contributed by atoms with Crippen molar-refractivity contribution in [2.75, 3.05) is 12.4 Å². The van der Waals surface area contributed by atoms with Crippen LogP contribution in [0.25, 0.3) is 0 Å². The summed E-state index contributed by atoms with van der Waals surface area (Å²) in [5.74, 6) is 0.560. The molecule has 3 N–H and O–H groups in total. The number of methoxy groups -OCH3 is 1. The lowest BCUT2D eigenvalue weighted by atomic mass is 10.1. The largest absolute Gasteiger partial charge is 0.496 e. The van der Waals surface area contributed by atoms with E-state index in [-0.39, 0.29) is 5.91 Å². The van der Waals surface area contributed by atoms with E-state index in [0.717, 1.165) is 16.6 Å². The van der Waals surface area contributed by atoms with Crippen LogP contribution in [-0.2, 0) is 4.79 Å². The van der Waals surface area contributed by atoms with Crippen molar-refractivity contribution in [1.82, 2.24) is 0 Å². The highest BCUT2D eigenvalue weighted by Crippen LogP contribution is 2.27. The average molecular weight is 301 g/mol. The highest BCUT2D eigenvalue weighted by molar-refractivity contribution is 9.10. The van der Waals surface area contributed by atoms with Crippen LogP contribution in [0.3, 0.4) is 0 Å². The molecule has 0 aliphatic rings. The van der Waals surface area contributed by atoms with Gasteiger partial charge in [0.2, 0.25) is 5.91 Å². The number of carbonyl (C=O) groups excluding carboxylic acids is 1. The van der Waals surface area contributed by atoms with Crippen molar-refractivity contribution in [3.8, 4) is 5.75 Å². The average Bonchev–Trinajstić information content (AvgIpc) is 2.29. The van der Waals surface area contributed by atoms with Crippen LogP contribution < -0.4 is 15.8 Å². The highest BCUT2D eigenvalue weighted by atomic mass is 79.9. The van der Waals surface area contributed by atoms with Gasteiger partial charge in [0.05, 0.1) is 17.6 Å². The first-order chi connectivity index (χ1) is 8.08. The quantitative estimate of drug-likeness (QED) is 0.878. The van der Waals surface area contributed by atoms with Gasteiger partial charge in [-0.1, -0.05) is 13.3 Å². The maximum atomic E-state index is 11.7. The standard InChI is InChI=1S/C12H17BrN2O2/c1-3-4-10(14)12(16)15-8-5-6-11(17-2)9(13)7-8/h5-7,10H,3-4,14H2,1-2H3,(H,15,16)/t10-/m1/s1. The molecular weight excluding hydrogens is 284 g/mol. The number of halogens is 1. The van der Waals surface area contributed by atoms with Crippen LogP contribution in [0.15, 0.2) is 22.7 Å². The number of benzene rings is 1. The third kappa shape index (κ3) is 4.02. The van der Waals surface area contributed by atoms with Crippen LogP contribution in [0, 0.1) is 0 Å². The van der Waals surface area contributed by atoms with E-state index in [9.17, 15) is 4.79 Å². The molecule has 1 aromatic carbocycles. The predicted octanol–water partition coefficient (Wildman–Crippen LogP) is 2.52. The van der Waals surface area contributed by atoms with Gasteiger partial charge in [-0.05, 0) is 40.5 Å². The lowest BCUT2D eigenvalue weighted by molar-refractivity contribution is -0.117. The zero-order valence-electron chi connectivity index (χ0n) is 10.00. The molecule has 0 fully saturated rings. The fraction of sp³-hybridized carbons (Fsp3) is 0.417. The topological polar surface area (TPSA) is 64.4 Å². The molecule has 0 heterocycles. The van der Waals surface area contributed by atoms with Gasteiger partial charge in [-0.25, -0.2) is 0 Å². The van der Waals surface area contributed by atoms with Gasteiger partial charge in [-0.2, -0.15) is 0 Å². The third-order valence-electron chi connectivity index (χ3n) is 2.36. The minimum Gasteiger partial charge on any atom is -0.496 e. The van der Waals surface area contributed by atoms with Crippen LogP contribution in [0.1, 0.15) is 19.8 Å². The summed E-state index contributed by atoms with van der Waals surface area (Å²) in [7, 11) is 1.59. The Morgan fingerprint density at radius 2 is 2.29 bits per heavy atom. The summed E-state index contributed by atoms with van der Waals surface area (Å²) < 4.78 is 5.90. The first kappa shape index (κ1) is 14.0. The Morgan fingerprint density at radius 1 is 1.59 bits per heavy atom. The monoisotopic (exact) mass is 300 g/mol. The Kier molecular flexibility index (Phi) is 5.44. The molecule has 0 spiro atoms. The Morgan fingerprint density at radius 3 is 2.82 bits per heavy atom. The molecule has 0 saturated heterocycles. The van der Waals surface area contributed by atoms with Crippen molar-refractivity contribution in [2.24, 2.45) is 5.73 Å². The number of nitrogens with one attached hydrogen (secondary N) is 1. The van der Waals surface area contributed by atoms with Crippen molar-refractivity contribution in [2.45, 2.75) is 25.8 Å². The van der Waals surface area contributed by atoms with Gasteiger partial charge in [0.25, 0.3) is 0 Å². The van der Waals surface area contributed by atoms with Crippen molar-refractivity contribution in [1.29, 1.82) is 0 Å². The molecule has 1 rings (SSSR count). The molecule has 0 aliphatic carbocycles. The fourth-order valence-electron chi connectivity index (χ4n) is 1.42. The maximum Gasteiger partial charge on any atom is 0.241 e. The SMILES string of the molecule is CCC[C@@H](N)C(=O)Nc1ccc(OC)c(Br)c1. The first-order valence-electron chi connectivity index (χ1n) is 5.48. The minimum absolute atomic E-state index is 0.163. The van der Waals surface area contributed by atoms with Gasteiger partial charge in [-0.15, -0.1) is 0 Å². The molecule has 1 atom stereocenters. The first-order valence-corrected chi connectivity index (χ1v) is 6.27. The molecule has 0 unspecified atom stereocenters. The summed E-state index contributed by atoms with van der Waals surface area (Å²) in [5, 5.41) is 2.77. The molecule has 0 aromatic heterocycles. The summed E-state index contributed by atoms with van der Waals surface area (Å²) in [5.41, 5.74) is 6.42. The van der Waals surface area contributed by atoms with Gasteiger partial charge >= 0.3 is 0 Å². The van der Waals surface area contributed by atoms with Gasteiger partial charge in [0.15, 0.2) is 0 Å². The number of ether oxygens (including phenoxy) is 1. The molecular formula is C12H17BrN2O2.